The second kappa shape index (κ2) is 3.94. The number of nitrogens with two attached hydrogens (primary N) is 1. The number of hydrogen-bond donors (Lipinski definition) is 1. The van der Waals surface area contributed by atoms with Crippen molar-refractivity contribution in [2.45, 2.75) is 19.4 Å². The highest BCUT2D eigenvalue weighted by molar-refractivity contribution is 9.10. The molecule has 0 aliphatic rings. The first kappa shape index (κ1) is 10.6. The lowest BCUT2D eigenvalue weighted by molar-refractivity contribution is 0.740. The molecule has 0 amide bonds. The fourth-order valence-corrected chi connectivity index (χ4v) is 2.33. The molecule has 2 N–H and O–H groups in total. The monoisotopic (exact) mass is 267 g/mol. The molecule has 0 saturated carbocycles. The fourth-order valence-electron chi connectivity index (χ4n) is 1.79. The molecule has 0 fully saturated rings. The van der Waals surface area contributed by atoms with Crippen LogP contribution in [0.3, 0.4) is 0 Å². The number of rotatable bonds is 2. The van der Waals surface area contributed by atoms with Gasteiger partial charge in [-0.1, -0.05) is 12.1 Å². The van der Waals surface area contributed by atoms with Crippen molar-refractivity contribution >= 4 is 26.8 Å². The summed E-state index contributed by atoms with van der Waals surface area (Å²) in [6.07, 6.45) is 0.877. The van der Waals surface area contributed by atoms with E-state index in [9.17, 15) is 0 Å². The van der Waals surface area contributed by atoms with Crippen molar-refractivity contribution in [3.63, 3.8) is 0 Å². The number of aryl methyl sites for hydroxylation is 1. The van der Waals surface area contributed by atoms with Gasteiger partial charge in [-0.3, -0.25) is 4.68 Å². The molecule has 1 atom stereocenters. The molecule has 15 heavy (non-hydrogen) atoms. The van der Waals surface area contributed by atoms with Gasteiger partial charge >= 0.3 is 0 Å². The van der Waals surface area contributed by atoms with Crippen molar-refractivity contribution in [1.29, 1.82) is 0 Å². The van der Waals surface area contributed by atoms with Crippen LogP contribution in [0.25, 0.3) is 10.9 Å². The van der Waals surface area contributed by atoms with E-state index in [1.165, 1.54) is 10.9 Å². The predicted molar refractivity (Wildman–Crippen MR) is 65.8 cm³/mol. The largest absolute Gasteiger partial charge is 0.328 e. The fraction of sp³-hybridized carbons (Fsp3) is 0.364. The zero-order valence-electron chi connectivity index (χ0n) is 8.87. The molecule has 0 aliphatic heterocycles. The minimum absolute atomic E-state index is 0.169. The van der Waals surface area contributed by atoms with E-state index in [-0.39, 0.29) is 6.04 Å². The lowest BCUT2D eigenvalue weighted by Crippen LogP contribution is -2.17. The van der Waals surface area contributed by atoms with E-state index in [0.717, 1.165) is 16.5 Å². The van der Waals surface area contributed by atoms with Gasteiger partial charge in [0.15, 0.2) is 0 Å². The summed E-state index contributed by atoms with van der Waals surface area (Å²) in [6.45, 7) is 2.02. The molecule has 4 heteroatoms. The van der Waals surface area contributed by atoms with Crippen LogP contribution in [-0.4, -0.2) is 15.8 Å². The van der Waals surface area contributed by atoms with Gasteiger partial charge in [-0.25, -0.2) is 0 Å². The van der Waals surface area contributed by atoms with Crippen LogP contribution in [0.2, 0.25) is 0 Å². The maximum atomic E-state index is 5.83. The molecule has 2 rings (SSSR count). The third-order valence-electron chi connectivity index (χ3n) is 2.42. The molecule has 0 radical (unpaired) electrons. The number of benzene rings is 1. The third-order valence-corrected chi connectivity index (χ3v) is 3.33. The Balaban J connectivity index is 2.63. The molecule has 1 unspecified atom stereocenters. The van der Waals surface area contributed by atoms with E-state index in [1.807, 2.05) is 30.8 Å². The average Bonchev–Trinajstić information content (AvgIpc) is 2.43. The highest BCUT2D eigenvalue weighted by atomic mass is 79.9. The highest BCUT2D eigenvalue weighted by Gasteiger charge is 2.11. The minimum atomic E-state index is 0.169. The Hall–Kier alpha value is -0.870. The molecule has 0 spiro atoms. The second-order valence-electron chi connectivity index (χ2n) is 3.91. The third kappa shape index (κ3) is 1.92. The molecule has 80 valence electrons. The molecule has 3 nitrogen and oxygen atoms in total. The van der Waals surface area contributed by atoms with Gasteiger partial charge in [-0.2, -0.15) is 5.10 Å². The van der Waals surface area contributed by atoms with Gasteiger partial charge < -0.3 is 5.73 Å². The Kier molecular flexibility index (Phi) is 2.80. The summed E-state index contributed by atoms with van der Waals surface area (Å²) < 4.78 is 2.86. The van der Waals surface area contributed by atoms with Crippen molar-refractivity contribution in [2.24, 2.45) is 12.8 Å². The zero-order valence-corrected chi connectivity index (χ0v) is 10.5. The molecule has 2 aromatic rings. The van der Waals surface area contributed by atoms with Crippen LogP contribution in [0.5, 0.6) is 0 Å². The Morgan fingerprint density at radius 1 is 1.53 bits per heavy atom. The predicted octanol–water partition coefficient (Wildman–Crippen LogP) is 2.23. The molecule has 0 saturated heterocycles. The summed E-state index contributed by atoms with van der Waals surface area (Å²) in [4.78, 5) is 0. The van der Waals surface area contributed by atoms with Gasteiger partial charge in [0, 0.05) is 18.5 Å². The molecule has 0 aliphatic carbocycles. The van der Waals surface area contributed by atoms with Crippen molar-refractivity contribution in [3.8, 4) is 0 Å². The van der Waals surface area contributed by atoms with Crippen LogP contribution < -0.4 is 5.73 Å². The van der Waals surface area contributed by atoms with Gasteiger partial charge in [0.25, 0.3) is 0 Å². The van der Waals surface area contributed by atoms with Gasteiger partial charge in [-0.05, 0) is 40.9 Å². The zero-order chi connectivity index (χ0) is 11.0. The summed E-state index contributed by atoms with van der Waals surface area (Å²) in [5.74, 6) is 0. The molecular weight excluding hydrogens is 254 g/mol. The summed E-state index contributed by atoms with van der Waals surface area (Å²) in [6, 6.07) is 6.32. The number of fused-ring (bicyclic) bond motifs is 1. The Morgan fingerprint density at radius 3 is 2.93 bits per heavy atom. The second-order valence-corrected chi connectivity index (χ2v) is 4.66. The topological polar surface area (TPSA) is 43.8 Å². The highest BCUT2D eigenvalue weighted by Crippen LogP contribution is 2.27. The summed E-state index contributed by atoms with van der Waals surface area (Å²) in [7, 11) is 1.93. The molecule has 1 heterocycles. The summed E-state index contributed by atoms with van der Waals surface area (Å²) >= 11 is 3.55. The Bertz CT molecular complexity index is 488. The smallest absolute Gasteiger partial charge is 0.111 e. The van der Waals surface area contributed by atoms with E-state index in [4.69, 9.17) is 5.73 Å². The van der Waals surface area contributed by atoms with E-state index in [1.54, 1.807) is 0 Å². The molecule has 1 aromatic carbocycles. The van der Waals surface area contributed by atoms with Crippen LogP contribution in [0.1, 0.15) is 12.5 Å². The Labute approximate surface area is 97.4 Å². The van der Waals surface area contributed by atoms with Gasteiger partial charge in [0.05, 0.1) is 5.52 Å². The number of hydrogen-bond acceptors (Lipinski definition) is 2. The summed E-state index contributed by atoms with van der Waals surface area (Å²) in [5.41, 5.74) is 8.10. The van der Waals surface area contributed by atoms with Crippen molar-refractivity contribution < 1.29 is 0 Å². The SMILES string of the molecule is CC(N)Cc1cccc2nn(C)c(Br)c12. The van der Waals surface area contributed by atoms with Gasteiger partial charge in [0.2, 0.25) is 0 Å². The van der Waals surface area contributed by atoms with Crippen LogP contribution >= 0.6 is 15.9 Å². The first-order valence-corrected chi connectivity index (χ1v) is 5.74. The van der Waals surface area contributed by atoms with E-state index in [2.05, 4.69) is 27.1 Å². The molecule has 1 aromatic heterocycles. The lowest BCUT2D eigenvalue weighted by atomic mass is 10.0. The normalized spacial score (nSPS) is 13.3. The van der Waals surface area contributed by atoms with E-state index >= 15 is 0 Å². The maximum absolute atomic E-state index is 5.83. The standard InChI is InChI=1S/C11H14BrN3/c1-7(13)6-8-4-3-5-9-10(8)11(12)15(2)14-9/h3-5,7H,6,13H2,1-2H3. The Morgan fingerprint density at radius 2 is 2.27 bits per heavy atom. The number of aromatic nitrogens is 2. The lowest BCUT2D eigenvalue weighted by Gasteiger charge is -2.06. The number of nitrogens with zero attached hydrogens (tertiary/aromatic N) is 2. The first-order chi connectivity index (χ1) is 7.09. The van der Waals surface area contributed by atoms with Crippen molar-refractivity contribution in [2.75, 3.05) is 0 Å². The van der Waals surface area contributed by atoms with Crippen molar-refractivity contribution in [3.05, 3.63) is 28.4 Å². The summed E-state index contributed by atoms with van der Waals surface area (Å²) in [5, 5.41) is 5.59. The van der Waals surface area contributed by atoms with Crippen LogP contribution in [0.4, 0.5) is 0 Å². The van der Waals surface area contributed by atoms with Gasteiger partial charge in [-0.15, -0.1) is 0 Å². The quantitative estimate of drug-likeness (QED) is 0.907. The number of halogens is 1. The van der Waals surface area contributed by atoms with Crippen LogP contribution in [0, 0.1) is 0 Å². The van der Waals surface area contributed by atoms with E-state index in [0.29, 0.717) is 0 Å². The maximum Gasteiger partial charge on any atom is 0.111 e. The minimum Gasteiger partial charge on any atom is -0.328 e. The van der Waals surface area contributed by atoms with Crippen LogP contribution in [0.15, 0.2) is 22.8 Å². The van der Waals surface area contributed by atoms with Crippen molar-refractivity contribution in [1.82, 2.24) is 9.78 Å². The first-order valence-electron chi connectivity index (χ1n) is 4.95. The van der Waals surface area contributed by atoms with Crippen LogP contribution in [-0.2, 0) is 13.5 Å². The van der Waals surface area contributed by atoms with E-state index < -0.39 is 0 Å². The molecule has 0 bridgehead atoms. The average molecular weight is 268 g/mol. The van der Waals surface area contributed by atoms with Gasteiger partial charge in [0.1, 0.15) is 4.60 Å². The molecular formula is C11H14BrN3.